The minimum absolute atomic E-state index is 0.111. The topological polar surface area (TPSA) is 38.8 Å². The molecule has 0 bridgehead atoms. The number of nitrogens with zero attached hydrogens (tertiary/aromatic N) is 1. The van der Waals surface area contributed by atoms with Gasteiger partial charge >= 0.3 is 0 Å². The van der Waals surface area contributed by atoms with Crippen molar-refractivity contribution in [1.82, 2.24) is 0 Å². The zero-order valence-electron chi connectivity index (χ0n) is 10.7. The first kappa shape index (κ1) is 12.5. The van der Waals surface area contributed by atoms with E-state index in [2.05, 4.69) is 0 Å². The largest absolute Gasteiger partial charge is 0.497 e. The predicted octanol–water partition coefficient (Wildman–Crippen LogP) is 2.35. The van der Waals surface area contributed by atoms with E-state index in [0.717, 1.165) is 24.3 Å². The molecule has 96 valence electrons. The van der Waals surface area contributed by atoms with Crippen molar-refractivity contribution >= 4 is 11.6 Å². The summed E-state index contributed by atoms with van der Waals surface area (Å²) in [5.41, 5.74) is 0.816. The quantitative estimate of drug-likeness (QED) is 0.823. The normalized spacial score (nSPS) is 14.4. The van der Waals surface area contributed by atoms with Crippen LogP contribution in [0.5, 0.6) is 5.75 Å². The van der Waals surface area contributed by atoms with Crippen molar-refractivity contribution in [2.24, 2.45) is 0 Å². The van der Waals surface area contributed by atoms with Crippen molar-refractivity contribution in [2.75, 3.05) is 25.7 Å². The number of ether oxygens (including phenoxy) is 2. The van der Waals surface area contributed by atoms with Gasteiger partial charge in [-0.2, -0.15) is 0 Å². The van der Waals surface area contributed by atoms with E-state index in [9.17, 15) is 4.79 Å². The van der Waals surface area contributed by atoms with Crippen LogP contribution in [-0.2, 0) is 9.53 Å². The van der Waals surface area contributed by atoms with Crippen molar-refractivity contribution in [1.29, 1.82) is 0 Å². The number of hydrogen-bond acceptors (Lipinski definition) is 3. The third kappa shape index (κ3) is 2.64. The molecule has 0 fully saturated rings. The Morgan fingerprint density at radius 2 is 2.06 bits per heavy atom. The second-order valence-electron chi connectivity index (χ2n) is 4.12. The van der Waals surface area contributed by atoms with Crippen LogP contribution in [0.2, 0.25) is 0 Å². The van der Waals surface area contributed by atoms with E-state index < -0.39 is 0 Å². The molecule has 0 spiro atoms. The molecule has 0 N–H and O–H groups in total. The van der Waals surface area contributed by atoms with Crippen LogP contribution in [-0.4, -0.2) is 26.7 Å². The van der Waals surface area contributed by atoms with Gasteiger partial charge in [-0.25, -0.2) is 0 Å². The van der Waals surface area contributed by atoms with Gasteiger partial charge in [0, 0.05) is 12.7 Å². The highest BCUT2D eigenvalue weighted by atomic mass is 16.5. The lowest BCUT2D eigenvalue weighted by Gasteiger charge is -2.21. The number of methoxy groups -OCH3 is 1. The van der Waals surface area contributed by atoms with Crippen LogP contribution >= 0.6 is 0 Å². The lowest BCUT2D eigenvalue weighted by molar-refractivity contribution is -0.118. The molecule has 1 heterocycles. The molecule has 1 aromatic carbocycles. The van der Waals surface area contributed by atoms with E-state index in [1.54, 1.807) is 19.1 Å². The highest BCUT2D eigenvalue weighted by Gasteiger charge is 2.19. The molecule has 0 unspecified atom stereocenters. The fraction of sp³-hybridized carbons (Fsp3) is 0.357. The molecule has 1 aliphatic rings. The van der Waals surface area contributed by atoms with E-state index in [0.29, 0.717) is 12.4 Å². The lowest BCUT2D eigenvalue weighted by Crippen LogP contribution is -2.29. The standard InChI is InChI=1S/C14H17NO3/c1-15(11-6-8-12(17-2)9-7-11)14(16)13-5-3-4-10-18-13/h5-9H,3-4,10H2,1-2H3. The first-order chi connectivity index (χ1) is 8.72. The van der Waals surface area contributed by atoms with Gasteiger partial charge in [0.1, 0.15) is 5.75 Å². The summed E-state index contributed by atoms with van der Waals surface area (Å²) >= 11 is 0. The lowest BCUT2D eigenvalue weighted by atomic mass is 10.2. The molecule has 18 heavy (non-hydrogen) atoms. The first-order valence-electron chi connectivity index (χ1n) is 5.97. The first-order valence-corrected chi connectivity index (χ1v) is 5.97. The number of carbonyl (C=O) groups excluding carboxylic acids is 1. The summed E-state index contributed by atoms with van der Waals surface area (Å²) in [6, 6.07) is 7.35. The van der Waals surface area contributed by atoms with E-state index in [-0.39, 0.29) is 5.91 Å². The second kappa shape index (κ2) is 5.58. The third-order valence-electron chi connectivity index (χ3n) is 2.91. The monoisotopic (exact) mass is 247 g/mol. The Labute approximate surface area is 107 Å². The minimum Gasteiger partial charge on any atom is -0.497 e. The molecule has 0 atom stereocenters. The molecule has 0 aromatic heterocycles. The third-order valence-corrected chi connectivity index (χ3v) is 2.91. The fourth-order valence-corrected chi connectivity index (χ4v) is 1.79. The number of amides is 1. The van der Waals surface area contributed by atoms with E-state index in [4.69, 9.17) is 9.47 Å². The van der Waals surface area contributed by atoms with Gasteiger partial charge in [-0.1, -0.05) is 0 Å². The maximum atomic E-state index is 12.2. The van der Waals surface area contributed by atoms with E-state index in [1.807, 2.05) is 30.3 Å². The highest BCUT2D eigenvalue weighted by molar-refractivity contribution is 6.03. The molecule has 1 aromatic rings. The molecule has 0 saturated heterocycles. The van der Waals surface area contributed by atoms with Crippen LogP contribution in [0.1, 0.15) is 12.8 Å². The molecule has 4 nitrogen and oxygen atoms in total. The molecular formula is C14H17NO3. The Kier molecular flexibility index (Phi) is 3.87. The molecule has 0 radical (unpaired) electrons. The molecule has 0 saturated carbocycles. The Hall–Kier alpha value is -1.97. The van der Waals surface area contributed by atoms with Crippen molar-refractivity contribution < 1.29 is 14.3 Å². The van der Waals surface area contributed by atoms with Gasteiger partial charge in [0.15, 0.2) is 5.76 Å². The molecular weight excluding hydrogens is 230 g/mol. The number of allylic oxidation sites excluding steroid dienone is 1. The van der Waals surface area contributed by atoms with Crippen LogP contribution in [0, 0.1) is 0 Å². The summed E-state index contributed by atoms with van der Waals surface area (Å²) in [4.78, 5) is 13.7. The van der Waals surface area contributed by atoms with Gasteiger partial charge in [0.2, 0.25) is 0 Å². The van der Waals surface area contributed by atoms with Gasteiger partial charge in [0.05, 0.1) is 13.7 Å². The van der Waals surface area contributed by atoms with Crippen molar-refractivity contribution in [3.05, 3.63) is 36.1 Å². The zero-order chi connectivity index (χ0) is 13.0. The van der Waals surface area contributed by atoms with Gasteiger partial charge in [-0.3, -0.25) is 4.79 Å². The second-order valence-corrected chi connectivity index (χ2v) is 4.12. The maximum Gasteiger partial charge on any atom is 0.292 e. The van der Waals surface area contributed by atoms with Gasteiger partial charge in [0.25, 0.3) is 5.91 Å². The fourth-order valence-electron chi connectivity index (χ4n) is 1.79. The average Bonchev–Trinajstić information content (AvgIpc) is 2.47. The Morgan fingerprint density at radius 1 is 1.33 bits per heavy atom. The molecule has 0 aliphatic carbocycles. The zero-order valence-corrected chi connectivity index (χ0v) is 10.7. The van der Waals surface area contributed by atoms with Crippen molar-refractivity contribution in [3.8, 4) is 5.75 Å². The van der Waals surface area contributed by atoms with Gasteiger partial charge in [-0.05, 0) is 43.2 Å². The van der Waals surface area contributed by atoms with Crippen LogP contribution in [0.3, 0.4) is 0 Å². The van der Waals surface area contributed by atoms with Crippen LogP contribution in [0.4, 0.5) is 5.69 Å². The summed E-state index contributed by atoms with van der Waals surface area (Å²) < 4.78 is 10.5. The summed E-state index contributed by atoms with van der Waals surface area (Å²) in [5, 5.41) is 0. The number of carbonyl (C=O) groups is 1. The maximum absolute atomic E-state index is 12.2. The highest BCUT2D eigenvalue weighted by Crippen LogP contribution is 2.21. The van der Waals surface area contributed by atoms with Crippen molar-refractivity contribution in [2.45, 2.75) is 12.8 Å². The number of anilines is 1. The Balaban J connectivity index is 2.11. The van der Waals surface area contributed by atoms with E-state index >= 15 is 0 Å². The molecule has 4 heteroatoms. The number of benzene rings is 1. The van der Waals surface area contributed by atoms with Gasteiger partial charge < -0.3 is 14.4 Å². The van der Waals surface area contributed by atoms with Crippen LogP contribution in [0.15, 0.2) is 36.1 Å². The van der Waals surface area contributed by atoms with E-state index in [1.165, 1.54) is 0 Å². The van der Waals surface area contributed by atoms with Crippen molar-refractivity contribution in [3.63, 3.8) is 0 Å². The number of likely N-dealkylation sites (N-methyl/N-ethyl adjacent to an activating group) is 1. The minimum atomic E-state index is -0.111. The summed E-state index contributed by atoms with van der Waals surface area (Å²) in [7, 11) is 3.35. The Morgan fingerprint density at radius 3 is 2.61 bits per heavy atom. The smallest absolute Gasteiger partial charge is 0.292 e. The summed E-state index contributed by atoms with van der Waals surface area (Å²) in [6.07, 6.45) is 3.73. The molecule has 1 aliphatic heterocycles. The molecule has 2 rings (SSSR count). The van der Waals surface area contributed by atoms with Gasteiger partial charge in [-0.15, -0.1) is 0 Å². The summed E-state index contributed by atoms with van der Waals surface area (Å²) in [5.74, 6) is 1.10. The SMILES string of the molecule is COc1ccc(N(C)C(=O)C2=CCCCO2)cc1. The average molecular weight is 247 g/mol. The number of rotatable bonds is 3. The summed E-state index contributed by atoms with van der Waals surface area (Å²) in [6.45, 7) is 0.619. The molecule has 1 amide bonds. The van der Waals surface area contributed by atoms with Crippen LogP contribution < -0.4 is 9.64 Å². The van der Waals surface area contributed by atoms with Crippen LogP contribution in [0.25, 0.3) is 0 Å². The number of hydrogen-bond donors (Lipinski definition) is 0. The predicted molar refractivity (Wildman–Crippen MR) is 69.7 cm³/mol. The Bertz CT molecular complexity index is 451.